The summed E-state index contributed by atoms with van der Waals surface area (Å²) in [6.45, 7) is 3.31. The molecule has 2 rings (SSSR count). The van der Waals surface area contributed by atoms with E-state index in [4.69, 9.17) is 5.14 Å². The van der Waals surface area contributed by atoms with Crippen LogP contribution in [0.15, 0.2) is 47.4 Å². The van der Waals surface area contributed by atoms with Gasteiger partial charge in [0.2, 0.25) is 10.0 Å². The number of primary sulfonamides is 1. The Balaban J connectivity index is 2.20. The van der Waals surface area contributed by atoms with Crippen LogP contribution in [0, 0.1) is 12.7 Å². The van der Waals surface area contributed by atoms with Crippen LogP contribution in [-0.2, 0) is 10.0 Å². The lowest BCUT2D eigenvalue weighted by molar-refractivity contribution is 0.0939. The van der Waals surface area contributed by atoms with Crippen molar-refractivity contribution < 1.29 is 17.6 Å². The van der Waals surface area contributed by atoms with Crippen molar-refractivity contribution in [2.24, 2.45) is 5.14 Å². The summed E-state index contributed by atoms with van der Waals surface area (Å²) in [6.07, 6.45) is 0. The molecule has 0 aliphatic heterocycles. The predicted molar refractivity (Wildman–Crippen MR) is 84.8 cm³/mol. The molecule has 7 heteroatoms. The maximum atomic E-state index is 13.5. The molecule has 1 unspecified atom stereocenters. The number of nitrogens with two attached hydrogens (primary N) is 1. The Morgan fingerprint density at radius 2 is 1.91 bits per heavy atom. The molecule has 0 radical (unpaired) electrons. The van der Waals surface area contributed by atoms with Crippen LogP contribution in [0.1, 0.15) is 34.5 Å². The fourth-order valence-corrected chi connectivity index (χ4v) is 2.63. The van der Waals surface area contributed by atoms with Crippen molar-refractivity contribution in [2.75, 3.05) is 0 Å². The molecule has 1 atom stereocenters. The van der Waals surface area contributed by atoms with Gasteiger partial charge in [-0.2, -0.15) is 0 Å². The Hall–Kier alpha value is -2.25. The van der Waals surface area contributed by atoms with E-state index in [9.17, 15) is 17.6 Å². The normalized spacial score (nSPS) is 12.7. The lowest BCUT2D eigenvalue weighted by atomic mass is 10.1. The first kappa shape index (κ1) is 17.1. The number of hydrogen-bond acceptors (Lipinski definition) is 3. The number of rotatable bonds is 4. The van der Waals surface area contributed by atoms with Gasteiger partial charge in [-0.1, -0.05) is 18.2 Å². The third-order valence-corrected chi connectivity index (χ3v) is 4.38. The molecule has 0 saturated carbocycles. The van der Waals surface area contributed by atoms with Crippen LogP contribution in [0.25, 0.3) is 0 Å². The van der Waals surface area contributed by atoms with E-state index >= 15 is 0 Å². The van der Waals surface area contributed by atoms with Gasteiger partial charge in [0.05, 0.1) is 10.9 Å². The Morgan fingerprint density at radius 1 is 1.22 bits per heavy atom. The molecular weight excluding hydrogens is 319 g/mol. The number of halogens is 1. The van der Waals surface area contributed by atoms with Gasteiger partial charge >= 0.3 is 0 Å². The summed E-state index contributed by atoms with van der Waals surface area (Å²) in [4.78, 5) is 12.1. The summed E-state index contributed by atoms with van der Waals surface area (Å²) in [6, 6.07) is 9.75. The molecular formula is C16H17FN2O3S. The minimum Gasteiger partial charge on any atom is -0.346 e. The molecule has 0 fully saturated rings. The number of carbonyl (C=O) groups is 1. The summed E-state index contributed by atoms with van der Waals surface area (Å²) in [5, 5.41) is 7.79. The van der Waals surface area contributed by atoms with Gasteiger partial charge in [0.1, 0.15) is 5.82 Å². The number of nitrogens with one attached hydrogen (secondary N) is 1. The number of benzene rings is 2. The number of aryl methyl sites for hydroxylation is 1. The van der Waals surface area contributed by atoms with Gasteiger partial charge in [0.25, 0.3) is 5.91 Å². The second kappa shape index (κ2) is 6.47. The first-order chi connectivity index (χ1) is 10.7. The van der Waals surface area contributed by atoms with Crippen LogP contribution in [0.4, 0.5) is 4.39 Å². The molecule has 1 amide bonds. The molecule has 23 heavy (non-hydrogen) atoms. The number of sulfonamides is 1. The third kappa shape index (κ3) is 4.14. The van der Waals surface area contributed by atoms with Crippen molar-refractivity contribution in [3.05, 3.63) is 65.0 Å². The first-order valence-electron chi connectivity index (χ1n) is 6.88. The van der Waals surface area contributed by atoms with Gasteiger partial charge in [0.15, 0.2) is 0 Å². The van der Waals surface area contributed by atoms with Crippen LogP contribution in [0.3, 0.4) is 0 Å². The van der Waals surface area contributed by atoms with Gasteiger partial charge < -0.3 is 5.32 Å². The van der Waals surface area contributed by atoms with Crippen molar-refractivity contribution >= 4 is 15.9 Å². The second-order valence-corrected chi connectivity index (χ2v) is 6.84. The molecule has 0 heterocycles. The largest absolute Gasteiger partial charge is 0.346 e. The maximum Gasteiger partial charge on any atom is 0.251 e. The highest BCUT2D eigenvalue weighted by Crippen LogP contribution is 2.18. The Kier molecular flexibility index (Phi) is 4.82. The van der Waals surface area contributed by atoms with E-state index in [2.05, 4.69) is 5.32 Å². The van der Waals surface area contributed by atoms with Gasteiger partial charge in [-0.05, 0) is 49.2 Å². The summed E-state index contributed by atoms with van der Waals surface area (Å²) in [7, 11) is -3.81. The van der Waals surface area contributed by atoms with Crippen LogP contribution in [0.2, 0.25) is 0 Å². The quantitative estimate of drug-likeness (QED) is 0.897. The SMILES string of the molecule is Cc1ccc(C(=O)NC(C)c2cccc(S(N)(=O)=O)c2)cc1F. The zero-order valence-electron chi connectivity index (χ0n) is 12.7. The molecule has 2 aromatic rings. The highest BCUT2D eigenvalue weighted by molar-refractivity contribution is 7.89. The average Bonchev–Trinajstić information content (AvgIpc) is 2.49. The molecule has 5 nitrogen and oxygen atoms in total. The molecule has 122 valence electrons. The lowest BCUT2D eigenvalue weighted by Crippen LogP contribution is -2.27. The van der Waals surface area contributed by atoms with E-state index in [0.29, 0.717) is 11.1 Å². The zero-order chi connectivity index (χ0) is 17.2. The van der Waals surface area contributed by atoms with Crippen molar-refractivity contribution in [1.82, 2.24) is 5.32 Å². The van der Waals surface area contributed by atoms with Gasteiger partial charge in [-0.3, -0.25) is 4.79 Å². The smallest absolute Gasteiger partial charge is 0.251 e. The Morgan fingerprint density at radius 3 is 2.52 bits per heavy atom. The average molecular weight is 336 g/mol. The molecule has 0 spiro atoms. The van der Waals surface area contributed by atoms with Crippen molar-refractivity contribution in [3.8, 4) is 0 Å². The van der Waals surface area contributed by atoms with Gasteiger partial charge in [0, 0.05) is 5.56 Å². The second-order valence-electron chi connectivity index (χ2n) is 5.28. The Bertz CT molecular complexity index is 850. The van der Waals surface area contributed by atoms with Crippen LogP contribution in [0.5, 0.6) is 0 Å². The molecule has 0 aromatic heterocycles. The monoisotopic (exact) mass is 336 g/mol. The zero-order valence-corrected chi connectivity index (χ0v) is 13.5. The van der Waals surface area contributed by atoms with Crippen LogP contribution >= 0.6 is 0 Å². The number of amides is 1. The summed E-state index contributed by atoms with van der Waals surface area (Å²) in [5.41, 5.74) is 1.23. The summed E-state index contributed by atoms with van der Waals surface area (Å²) >= 11 is 0. The predicted octanol–water partition coefficient (Wildman–Crippen LogP) is 2.27. The highest BCUT2D eigenvalue weighted by atomic mass is 32.2. The maximum absolute atomic E-state index is 13.5. The van der Waals surface area contributed by atoms with Crippen LogP contribution in [-0.4, -0.2) is 14.3 Å². The van der Waals surface area contributed by atoms with Crippen molar-refractivity contribution in [3.63, 3.8) is 0 Å². The topological polar surface area (TPSA) is 89.3 Å². The Labute approximate surface area is 134 Å². The van der Waals surface area contributed by atoms with E-state index in [1.165, 1.54) is 24.3 Å². The van der Waals surface area contributed by atoms with Gasteiger partial charge in [-0.15, -0.1) is 0 Å². The van der Waals surface area contributed by atoms with E-state index in [-0.39, 0.29) is 10.5 Å². The van der Waals surface area contributed by atoms with Crippen molar-refractivity contribution in [2.45, 2.75) is 24.8 Å². The molecule has 0 aliphatic carbocycles. The minimum atomic E-state index is -3.81. The third-order valence-electron chi connectivity index (χ3n) is 3.47. The summed E-state index contributed by atoms with van der Waals surface area (Å²) in [5.74, 6) is -0.904. The van der Waals surface area contributed by atoms with Crippen LogP contribution < -0.4 is 10.5 Å². The lowest BCUT2D eigenvalue weighted by Gasteiger charge is -2.15. The number of hydrogen-bond donors (Lipinski definition) is 2. The molecule has 2 aromatic carbocycles. The van der Waals surface area contributed by atoms with E-state index < -0.39 is 27.8 Å². The standard InChI is InChI=1S/C16H17FN2O3S/c1-10-6-7-13(9-15(10)17)16(20)19-11(2)12-4-3-5-14(8-12)23(18,21)22/h3-9,11H,1-2H3,(H,19,20)(H2,18,21,22). The number of carbonyl (C=O) groups excluding carboxylic acids is 1. The van der Waals surface area contributed by atoms with Gasteiger partial charge in [-0.25, -0.2) is 17.9 Å². The molecule has 0 bridgehead atoms. The molecule has 0 saturated heterocycles. The molecule has 0 aliphatic rings. The fourth-order valence-electron chi connectivity index (χ4n) is 2.06. The first-order valence-corrected chi connectivity index (χ1v) is 8.43. The fraction of sp³-hybridized carbons (Fsp3) is 0.188. The van der Waals surface area contributed by atoms with E-state index in [0.717, 1.165) is 6.07 Å². The van der Waals surface area contributed by atoms with Crippen molar-refractivity contribution in [1.29, 1.82) is 0 Å². The van der Waals surface area contributed by atoms with E-state index in [1.54, 1.807) is 26.0 Å². The highest BCUT2D eigenvalue weighted by Gasteiger charge is 2.15. The molecule has 3 N–H and O–H groups in total. The summed E-state index contributed by atoms with van der Waals surface area (Å²) < 4.78 is 36.3. The van der Waals surface area contributed by atoms with E-state index in [1.807, 2.05) is 0 Å². The minimum absolute atomic E-state index is 0.0301.